The number of nitrogens with zero attached hydrogens (tertiary/aromatic N) is 1. The number of rotatable bonds is 0. The van der Waals surface area contributed by atoms with E-state index in [0.717, 1.165) is 6.42 Å². The summed E-state index contributed by atoms with van der Waals surface area (Å²) >= 11 is 1.97. The number of cyclic esters (lactones) is 1. The van der Waals surface area contributed by atoms with Gasteiger partial charge in [0.25, 0.3) is 0 Å². The lowest BCUT2D eigenvalue weighted by Gasteiger charge is -2.26. The fraction of sp³-hybridized carbons (Fsp3) is 0.800. The van der Waals surface area contributed by atoms with Crippen LogP contribution >= 0.6 is 22.9 Å². The third-order valence-electron chi connectivity index (χ3n) is 1.32. The number of hydrogen-bond acceptors (Lipinski definition) is 2. The first kappa shape index (κ1) is 7.11. The van der Waals surface area contributed by atoms with Crippen LogP contribution in [-0.4, -0.2) is 21.9 Å². The molecule has 0 spiro atoms. The molecule has 0 aromatic heterocycles. The summed E-state index contributed by atoms with van der Waals surface area (Å²) in [5.41, 5.74) is 0. The number of ether oxygens (including phenoxy) is 1. The minimum Gasteiger partial charge on any atom is -0.449 e. The zero-order chi connectivity index (χ0) is 6.85. The molecule has 0 aliphatic carbocycles. The molecule has 1 atom stereocenters. The maximum Gasteiger partial charge on any atom is 0.418 e. The average molecular weight is 241 g/mol. The summed E-state index contributed by atoms with van der Waals surface area (Å²) in [6.07, 6.45) is 0.726. The van der Waals surface area contributed by atoms with Crippen molar-refractivity contribution < 1.29 is 9.53 Å². The van der Waals surface area contributed by atoms with E-state index >= 15 is 0 Å². The molecule has 1 aliphatic rings. The van der Waals surface area contributed by atoms with Gasteiger partial charge in [-0.05, 0) is 6.92 Å². The molecule has 4 heteroatoms. The molecule has 1 unspecified atom stereocenters. The molecule has 0 aromatic rings. The Morgan fingerprint density at radius 3 is 3.00 bits per heavy atom. The first-order valence-electron chi connectivity index (χ1n) is 2.83. The molecule has 52 valence electrons. The third kappa shape index (κ3) is 1.47. The Hall–Kier alpha value is 0. The van der Waals surface area contributed by atoms with Gasteiger partial charge in [-0.3, -0.25) is 0 Å². The van der Waals surface area contributed by atoms with Crippen LogP contribution in [0.4, 0.5) is 4.79 Å². The van der Waals surface area contributed by atoms with E-state index in [2.05, 4.69) is 0 Å². The monoisotopic (exact) mass is 241 g/mol. The molecular formula is C5H8INO2. The van der Waals surface area contributed by atoms with Gasteiger partial charge < -0.3 is 4.74 Å². The summed E-state index contributed by atoms with van der Waals surface area (Å²) < 4.78 is 6.32. The van der Waals surface area contributed by atoms with Crippen molar-refractivity contribution in [3.8, 4) is 0 Å². The molecule has 9 heavy (non-hydrogen) atoms. The summed E-state index contributed by atoms with van der Waals surface area (Å²) in [6.45, 7) is 2.58. The van der Waals surface area contributed by atoms with Gasteiger partial charge >= 0.3 is 6.09 Å². The van der Waals surface area contributed by atoms with Gasteiger partial charge in [-0.15, -0.1) is 0 Å². The van der Waals surface area contributed by atoms with Gasteiger partial charge in [0.05, 0.1) is 29.5 Å². The Kier molecular flexibility index (Phi) is 2.15. The molecule has 1 aliphatic heterocycles. The van der Waals surface area contributed by atoms with Gasteiger partial charge in [-0.2, -0.15) is 0 Å². The molecule has 1 rings (SSSR count). The molecule has 0 N–H and O–H groups in total. The topological polar surface area (TPSA) is 29.5 Å². The number of halogens is 1. The zero-order valence-electron chi connectivity index (χ0n) is 5.13. The molecular weight excluding hydrogens is 233 g/mol. The van der Waals surface area contributed by atoms with E-state index in [0.29, 0.717) is 12.6 Å². The van der Waals surface area contributed by atoms with Crippen LogP contribution in [0.5, 0.6) is 0 Å². The van der Waals surface area contributed by atoms with Gasteiger partial charge in [0.15, 0.2) is 0 Å². The molecule has 1 fully saturated rings. The van der Waals surface area contributed by atoms with Crippen LogP contribution in [0, 0.1) is 0 Å². The Labute approximate surface area is 67.8 Å². The van der Waals surface area contributed by atoms with Crippen LogP contribution in [0.3, 0.4) is 0 Å². The molecule has 0 aromatic carbocycles. The molecule has 1 saturated heterocycles. The predicted octanol–water partition coefficient (Wildman–Crippen LogP) is 1.57. The van der Waals surface area contributed by atoms with Gasteiger partial charge in [-0.25, -0.2) is 7.91 Å². The van der Waals surface area contributed by atoms with Crippen molar-refractivity contribution in [2.45, 2.75) is 19.4 Å². The van der Waals surface area contributed by atoms with E-state index < -0.39 is 0 Å². The van der Waals surface area contributed by atoms with Crippen molar-refractivity contribution in [2.75, 3.05) is 6.61 Å². The quantitative estimate of drug-likeness (QED) is 0.475. The van der Waals surface area contributed by atoms with Crippen LogP contribution in [0.2, 0.25) is 0 Å². The Bertz CT molecular complexity index is 128. The highest BCUT2D eigenvalue weighted by Crippen LogP contribution is 2.16. The molecule has 0 bridgehead atoms. The molecule has 0 radical (unpaired) electrons. The van der Waals surface area contributed by atoms with Gasteiger partial charge in [0.1, 0.15) is 0 Å². The normalized spacial score (nSPS) is 28.0. The molecule has 0 saturated carbocycles. The molecule has 3 nitrogen and oxygen atoms in total. The number of hydrogen-bond donors (Lipinski definition) is 0. The fourth-order valence-electron chi connectivity index (χ4n) is 0.672. The molecule has 1 amide bonds. The SMILES string of the molecule is CC1CCOC(=O)N1I. The fourth-order valence-corrected chi connectivity index (χ4v) is 1.09. The Morgan fingerprint density at radius 1 is 1.89 bits per heavy atom. The average Bonchev–Trinajstić information content (AvgIpc) is 1.83. The van der Waals surface area contributed by atoms with E-state index in [9.17, 15) is 4.79 Å². The lowest BCUT2D eigenvalue weighted by atomic mass is 10.2. The molecule has 1 heterocycles. The highest BCUT2D eigenvalue weighted by molar-refractivity contribution is 14.1. The standard InChI is InChI=1S/C5H8INO2/c1-4-2-3-9-5(8)7(4)6/h4H,2-3H2,1H3. The maximum atomic E-state index is 10.7. The number of amides is 1. The van der Waals surface area contributed by atoms with Crippen molar-refractivity contribution in [1.82, 2.24) is 3.11 Å². The Balaban J connectivity index is 2.51. The first-order valence-corrected chi connectivity index (χ1v) is 3.80. The smallest absolute Gasteiger partial charge is 0.418 e. The predicted molar refractivity (Wildman–Crippen MR) is 41.3 cm³/mol. The van der Waals surface area contributed by atoms with Crippen molar-refractivity contribution >= 4 is 29.0 Å². The van der Waals surface area contributed by atoms with Crippen LogP contribution in [-0.2, 0) is 4.74 Å². The second-order valence-electron chi connectivity index (χ2n) is 2.06. The van der Waals surface area contributed by atoms with Crippen LogP contribution in [0.25, 0.3) is 0 Å². The summed E-state index contributed by atoms with van der Waals surface area (Å²) in [5.74, 6) is 0. The summed E-state index contributed by atoms with van der Waals surface area (Å²) in [6, 6.07) is 0.326. The largest absolute Gasteiger partial charge is 0.449 e. The van der Waals surface area contributed by atoms with Crippen molar-refractivity contribution in [2.24, 2.45) is 0 Å². The second-order valence-corrected chi connectivity index (χ2v) is 3.10. The summed E-state index contributed by atoms with van der Waals surface area (Å²) in [4.78, 5) is 10.7. The second kappa shape index (κ2) is 2.72. The van der Waals surface area contributed by atoms with Crippen molar-refractivity contribution in [3.63, 3.8) is 0 Å². The van der Waals surface area contributed by atoms with E-state index in [1.807, 2.05) is 29.8 Å². The summed E-state index contributed by atoms with van der Waals surface area (Å²) in [5, 5.41) is 0. The highest BCUT2D eigenvalue weighted by Gasteiger charge is 2.23. The van der Waals surface area contributed by atoms with E-state index in [-0.39, 0.29) is 6.09 Å². The Morgan fingerprint density at radius 2 is 2.56 bits per heavy atom. The lowest BCUT2D eigenvalue weighted by Crippen LogP contribution is -2.36. The van der Waals surface area contributed by atoms with Crippen LogP contribution < -0.4 is 0 Å². The number of carbonyl (C=O) groups excluding carboxylic acids is 1. The number of carbonyl (C=O) groups is 1. The van der Waals surface area contributed by atoms with Crippen molar-refractivity contribution in [3.05, 3.63) is 0 Å². The van der Waals surface area contributed by atoms with Gasteiger partial charge in [0.2, 0.25) is 0 Å². The maximum absolute atomic E-state index is 10.7. The van der Waals surface area contributed by atoms with E-state index in [1.54, 1.807) is 3.11 Å². The minimum atomic E-state index is -0.214. The summed E-state index contributed by atoms with van der Waals surface area (Å²) in [7, 11) is 0. The minimum absolute atomic E-state index is 0.214. The van der Waals surface area contributed by atoms with E-state index in [4.69, 9.17) is 4.74 Å². The zero-order valence-corrected chi connectivity index (χ0v) is 7.29. The van der Waals surface area contributed by atoms with Crippen LogP contribution in [0.1, 0.15) is 13.3 Å². The lowest BCUT2D eigenvalue weighted by molar-refractivity contribution is 0.0931. The third-order valence-corrected chi connectivity index (χ3v) is 2.67. The first-order chi connectivity index (χ1) is 4.22. The van der Waals surface area contributed by atoms with Crippen molar-refractivity contribution in [1.29, 1.82) is 0 Å². The van der Waals surface area contributed by atoms with Crippen LogP contribution in [0.15, 0.2) is 0 Å². The van der Waals surface area contributed by atoms with Gasteiger partial charge in [-0.1, -0.05) is 0 Å². The van der Waals surface area contributed by atoms with Gasteiger partial charge in [0, 0.05) is 12.5 Å². The highest BCUT2D eigenvalue weighted by atomic mass is 127. The van der Waals surface area contributed by atoms with E-state index in [1.165, 1.54) is 0 Å².